The van der Waals surface area contributed by atoms with Crippen molar-refractivity contribution in [3.8, 4) is 0 Å². The van der Waals surface area contributed by atoms with Crippen molar-refractivity contribution < 1.29 is 18.1 Å². The zero-order valence-electron chi connectivity index (χ0n) is 15.7. The number of carbonyl (C=O) groups is 1. The second kappa shape index (κ2) is 8.38. The van der Waals surface area contributed by atoms with Gasteiger partial charge in [-0.05, 0) is 29.8 Å². The van der Waals surface area contributed by atoms with Crippen molar-refractivity contribution >= 4 is 38.7 Å². The summed E-state index contributed by atoms with van der Waals surface area (Å²) in [6, 6.07) is 11.4. The van der Waals surface area contributed by atoms with E-state index in [1.807, 2.05) is 6.07 Å². The second-order valence-electron chi connectivity index (χ2n) is 6.83. The van der Waals surface area contributed by atoms with E-state index in [0.717, 1.165) is 11.8 Å². The topological polar surface area (TPSA) is 101 Å². The zero-order chi connectivity index (χ0) is 21.2. The van der Waals surface area contributed by atoms with Crippen molar-refractivity contribution in [1.82, 2.24) is 4.90 Å². The molecule has 10 heteroatoms. The predicted octanol–water partition coefficient (Wildman–Crippen LogP) is 2.54. The maximum absolute atomic E-state index is 12.6. The van der Waals surface area contributed by atoms with Crippen LogP contribution in [-0.2, 0) is 21.1 Å². The van der Waals surface area contributed by atoms with Crippen molar-refractivity contribution in [1.29, 1.82) is 0 Å². The number of hydrogen-bond acceptors (Lipinski definition) is 6. The summed E-state index contributed by atoms with van der Waals surface area (Å²) in [7, 11) is -3.75. The number of halogens is 1. The molecule has 1 aliphatic rings. The van der Waals surface area contributed by atoms with Crippen LogP contribution >= 0.6 is 11.6 Å². The lowest BCUT2D eigenvalue weighted by Gasteiger charge is -2.36. The number of hydrogen-bond donors (Lipinski definition) is 0. The summed E-state index contributed by atoms with van der Waals surface area (Å²) in [5, 5.41) is 12.1. The number of sulfone groups is 1. The van der Waals surface area contributed by atoms with Crippen LogP contribution in [0.2, 0.25) is 5.02 Å². The number of piperazine rings is 1. The van der Waals surface area contributed by atoms with Crippen LogP contribution in [-0.4, -0.2) is 56.6 Å². The number of rotatable bonds is 5. The number of benzene rings is 2. The fourth-order valence-electron chi connectivity index (χ4n) is 3.38. The molecule has 2 aromatic carbocycles. The highest BCUT2D eigenvalue weighted by Crippen LogP contribution is 2.35. The van der Waals surface area contributed by atoms with Gasteiger partial charge in [-0.1, -0.05) is 29.8 Å². The van der Waals surface area contributed by atoms with Gasteiger partial charge >= 0.3 is 5.69 Å². The predicted molar refractivity (Wildman–Crippen MR) is 110 cm³/mol. The normalized spacial score (nSPS) is 14.7. The molecule has 0 bridgehead atoms. The van der Waals surface area contributed by atoms with E-state index in [0.29, 0.717) is 31.2 Å². The van der Waals surface area contributed by atoms with Gasteiger partial charge in [0, 0.05) is 37.5 Å². The fraction of sp³-hybridized carbons (Fsp3) is 0.316. The van der Waals surface area contributed by atoms with Crippen molar-refractivity contribution in [3.05, 3.63) is 63.2 Å². The summed E-state index contributed by atoms with van der Waals surface area (Å²) >= 11 is 5.96. The molecule has 29 heavy (non-hydrogen) atoms. The van der Waals surface area contributed by atoms with Crippen molar-refractivity contribution in [2.75, 3.05) is 37.3 Å². The van der Waals surface area contributed by atoms with Gasteiger partial charge in [0.1, 0.15) is 10.6 Å². The average molecular weight is 438 g/mol. The smallest absolute Gasteiger partial charge is 0.311 e. The summed E-state index contributed by atoms with van der Waals surface area (Å²) in [4.78, 5) is 26.6. The molecule has 8 nitrogen and oxygen atoms in total. The third kappa shape index (κ3) is 4.86. The SMILES string of the molecule is CS(=O)(=O)c1cccc(N2CCN(C(=O)Cc3cccc(Cl)c3)CC2)c1[N+](=O)[O-]. The van der Waals surface area contributed by atoms with Crippen molar-refractivity contribution in [2.24, 2.45) is 0 Å². The average Bonchev–Trinajstić information content (AvgIpc) is 2.66. The summed E-state index contributed by atoms with van der Waals surface area (Å²) in [5.74, 6) is -0.0497. The van der Waals surface area contributed by atoms with Crippen LogP contribution in [0.3, 0.4) is 0 Å². The van der Waals surface area contributed by atoms with Gasteiger partial charge in [-0.15, -0.1) is 0 Å². The molecule has 1 amide bonds. The van der Waals surface area contributed by atoms with Gasteiger partial charge in [0.25, 0.3) is 0 Å². The first-order valence-electron chi connectivity index (χ1n) is 8.91. The van der Waals surface area contributed by atoms with Gasteiger partial charge in [-0.3, -0.25) is 14.9 Å². The Balaban J connectivity index is 1.74. The Labute approximate surface area is 173 Å². The third-order valence-electron chi connectivity index (χ3n) is 4.78. The first-order chi connectivity index (χ1) is 13.7. The largest absolute Gasteiger partial charge is 0.362 e. The number of nitro groups is 1. The summed E-state index contributed by atoms with van der Waals surface area (Å²) in [6.07, 6.45) is 1.18. The van der Waals surface area contributed by atoms with E-state index in [9.17, 15) is 23.3 Å². The number of amides is 1. The summed E-state index contributed by atoms with van der Waals surface area (Å²) < 4.78 is 23.9. The van der Waals surface area contributed by atoms with Gasteiger partial charge in [0.05, 0.1) is 11.3 Å². The van der Waals surface area contributed by atoms with E-state index >= 15 is 0 Å². The molecular weight excluding hydrogens is 418 g/mol. The van der Waals surface area contributed by atoms with E-state index in [1.54, 1.807) is 28.0 Å². The van der Waals surface area contributed by atoms with Crippen LogP contribution in [0.4, 0.5) is 11.4 Å². The van der Waals surface area contributed by atoms with Gasteiger partial charge in [-0.25, -0.2) is 8.42 Å². The highest BCUT2D eigenvalue weighted by molar-refractivity contribution is 7.90. The first-order valence-corrected chi connectivity index (χ1v) is 11.2. The quantitative estimate of drug-likeness (QED) is 0.526. The van der Waals surface area contributed by atoms with Gasteiger partial charge in [0.15, 0.2) is 9.84 Å². The van der Waals surface area contributed by atoms with Crippen LogP contribution in [0.5, 0.6) is 0 Å². The summed E-state index contributed by atoms with van der Waals surface area (Å²) in [6.45, 7) is 1.52. The number of para-hydroxylation sites is 1. The molecule has 0 aromatic heterocycles. The summed E-state index contributed by atoms with van der Waals surface area (Å²) in [5.41, 5.74) is 0.648. The van der Waals surface area contributed by atoms with E-state index in [-0.39, 0.29) is 22.9 Å². The maximum atomic E-state index is 12.6. The minimum Gasteiger partial charge on any atom is -0.362 e. The molecular formula is C19H20ClN3O5S. The molecule has 0 unspecified atom stereocenters. The lowest BCUT2D eigenvalue weighted by Crippen LogP contribution is -2.49. The van der Waals surface area contributed by atoms with Crippen LogP contribution in [0.15, 0.2) is 47.4 Å². The lowest BCUT2D eigenvalue weighted by molar-refractivity contribution is -0.387. The molecule has 0 saturated carbocycles. The van der Waals surface area contributed by atoms with Crippen LogP contribution in [0.25, 0.3) is 0 Å². The van der Waals surface area contributed by atoms with Crippen LogP contribution in [0.1, 0.15) is 5.56 Å². The number of carbonyl (C=O) groups excluding carboxylic acids is 1. The Hall–Kier alpha value is -2.65. The van der Waals surface area contributed by atoms with Crippen LogP contribution < -0.4 is 4.90 Å². The molecule has 0 aliphatic carbocycles. The molecule has 0 atom stereocenters. The highest BCUT2D eigenvalue weighted by atomic mass is 35.5. The first kappa shape index (κ1) is 21.1. The van der Waals surface area contributed by atoms with E-state index in [4.69, 9.17) is 11.6 Å². The number of anilines is 1. The van der Waals surface area contributed by atoms with E-state index in [1.165, 1.54) is 18.2 Å². The minimum absolute atomic E-state index is 0.0497. The Morgan fingerprint density at radius 1 is 1.14 bits per heavy atom. The van der Waals surface area contributed by atoms with Gasteiger partial charge in [-0.2, -0.15) is 0 Å². The minimum atomic E-state index is -3.75. The van der Waals surface area contributed by atoms with Crippen molar-refractivity contribution in [2.45, 2.75) is 11.3 Å². The molecule has 0 spiro atoms. The Bertz CT molecular complexity index is 1050. The maximum Gasteiger partial charge on any atom is 0.311 e. The Kier molecular flexibility index (Phi) is 6.09. The number of nitro benzene ring substituents is 1. The zero-order valence-corrected chi connectivity index (χ0v) is 17.3. The Morgan fingerprint density at radius 3 is 2.38 bits per heavy atom. The third-order valence-corrected chi connectivity index (χ3v) is 6.14. The van der Waals surface area contributed by atoms with Gasteiger partial charge in [0.2, 0.25) is 5.91 Å². The monoisotopic (exact) mass is 437 g/mol. The molecule has 154 valence electrons. The van der Waals surface area contributed by atoms with Gasteiger partial charge < -0.3 is 9.80 Å². The fourth-order valence-corrected chi connectivity index (χ4v) is 4.45. The molecule has 0 radical (unpaired) electrons. The lowest BCUT2D eigenvalue weighted by atomic mass is 10.1. The number of nitrogens with zero attached hydrogens (tertiary/aromatic N) is 3. The molecule has 0 N–H and O–H groups in total. The van der Waals surface area contributed by atoms with E-state index in [2.05, 4.69) is 0 Å². The van der Waals surface area contributed by atoms with Crippen LogP contribution in [0, 0.1) is 10.1 Å². The molecule has 1 heterocycles. The molecule has 1 aliphatic heterocycles. The highest BCUT2D eigenvalue weighted by Gasteiger charge is 2.31. The second-order valence-corrected chi connectivity index (χ2v) is 9.25. The molecule has 1 fully saturated rings. The molecule has 1 saturated heterocycles. The molecule has 2 aromatic rings. The standard InChI is InChI=1S/C19H20ClN3O5S/c1-29(27,28)17-7-3-6-16(19(17)23(25)26)21-8-10-22(11-9-21)18(24)13-14-4-2-5-15(20)12-14/h2-7,12H,8-11,13H2,1H3. The van der Waals surface area contributed by atoms with E-state index < -0.39 is 20.4 Å². The Morgan fingerprint density at radius 2 is 1.79 bits per heavy atom. The van der Waals surface area contributed by atoms with Crippen molar-refractivity contribution in [3.63, 3.8) is 0 Å². The molecule has 3 rings (SSSR count).